The first-order chi connectivity index (χ1) is 8.72. The summed E-state index contributed by atoms with van der Waals surface area (Å²) < 4.78 is 0. The lowest BCUT2D eigenvalue weighted by molar-refractivity contribution is 1.06. The first kappa shape index (κ1) is 10.9. The number of rotatable bonds is 3. The van der Waals surface area contributed by atoms with Crippen LogP contribution in [0, 0.1) is 6.92 Å². The molecule has 3 rings (SSSR count). The number of imidazole rings is 1. The molecule has 3 aromatic rings. The Morgan fingerprint density at radius 2 is 2.28 bits per heavy atom. The van der Waals surface area contributed by atoms with Crippen molar-refractivity contribution in [2.24, 2.45) is 0 Å². The zero-order valence-electron chi connectivity index (χ0n) is 9.64. The Kier molecular flexibility index (Phi) is 2.56. The predicted octanol–water partition coefficient (Wildman–Crippen LogP) is 1.31. The van der Waals surface area contributed by atoms with Crippen LogP contribution in [-0.2, 0) is 6.54 Å². The van der Waals surface area contributed by atoms with E-state index in [1.54, 1.807) is 17.7 Å². The van der Waals surface area contributed by atoms with Gasteiger partial charge in [-0.05, 0) is 6.92 Å². The molecule has 0 saturated carbocycles. The van der Waals surface area contributed by atoms with E-state index in [1.165, 1.54) is 0 Å². The minimum absolute atomic E-state index is 0.201. The Bertz CT molecular complexity index is 686. The number of nitrogens with one attached hydrogen (secondary N) is 2. The fourth-order valence-corrected chi connectivity index (χ4v) is 2.33. The van der Waals surface area contributed by atoms with Crippen molar-refractivity contribution >= 4 is 34.3 Å². The van der Waals surface area contributed by atoms with Gasteiger partial charge in [-0.3, -0.25) is 0 Å². The first-order valence-electron chi connectivity index (χ1n) is 5.34. The van der Waals surface area contributed by atoms with Gasteiger partial charge in [0.15, 0.2) is 11.5 Å². The molecular weight excluding hydrogens is 250 g/mol. The molecule has 92 valence electrons. The Balaban J connectivity index is 1.87. The van der Waals surface area contributed by atoms with Crippen LogP contribution >= 0.6 is 11.3 Å². The average Bonchev–Trinajstić information content (AvgIpc) is 2.94. The summed E-state index contributed by atoms with van der Waals surface area (Å²) >= 11 is 1.61. The number of hydrogen-bond donors (Lipinski definition) is 3. The molecule has 7 nitrogen and oxygen atoms in total. The van der Waals surface area contributed by atoms with E-state index < -0.39 is 0 Å². The molecule has 0 spiro atoms. The quantitative estimate of drug-likeness (QED) is 0.656. The highest BCUT2D eigenvalue weighted by Crippen LogP contribution is 2.18. The van der Waals surface area contributed by atoms with E-state index in [9.17, 15) is 0 Å². The molecule has 3 aromatic heterocycles. The number of fused-ring (bicyclic) bond motifs is 1. The van der Waals surface area contributed by atoms with Gasteiger partial charge in [0.05, 0.1) is 12.9 Å². The summed E-state index contributed by atoms with van der Waals surface area (Å²) in [6.07, 6.45) is 1.57. The molecule has 0 unspecified atom stereocenters. The number of anilines is 2. The molecule has 0 bridgehead atoms. The van der Waals surface area contributed by atoms with Crippen molar-refractivity contribution in [3.8, 4) is 0 Å². The molecule has 18 heavy (non-hydrogen) atoms. The van der Waals surface area contributed by atoms with E-state index in [1.807, 2.05) is 12.3 Å². The van der Waals surface area contributed by atoms with Crippen LogP contribution in [0.3, 0.4) is 0 Å². The predicted molar refractivity (Wildman–Crippen MR) is 70.3 cm³/mol. The SMILES string of the molecule is Cc1csc(CNc2nc(N)nc3nc[nH]c23)n1. The molecule has 3 heterocycles. The van der Waals surface area contributed by atoms with E-state index >= 15 is 0 Å². The number of aryl methyl sites for hydroxylation is 1. The Labute approximate surface area is 107 Å². The average molecular weight is 261 g/mol. The van der Waals surface area contributed by atoms with Gasteiger partial charge in [0.25, 0.3) is 0 Å². The molecule has 0 aliphatic carbocycles. The van der Waals surface area contributed by atoms with Crippen LogP contribution in [0.15, 0.2) is 11.7 Å². The van der Waals surface area contributed by atoms with Crippen molar-refractivity contribution in [3.05, 3.63) is 22.4 Å². The van der Waals surface area contributed by atoms with Gasteiger partial charge in [0.2, 0.25) is 5.95 Å². The van der Waals surface area contributed by atoms with Crippen molar-refractivity contribution in [3.63, 3.8) is 0 Å². The van der Waals surface area contributed by atoms with Crippen LogP contribution < -0.4 is 11.1 Å². The summed E-state index contributed by atoms with van der Waals surface area (Å²) in [4.78, 5) is 19.6. The summed E-state index contributed by atoms with van der Waals surface area (Å²) in [6, 6.07) is 0. The van der Waals surface area contributed by atoms with E-state index in [4.69, 9.17) is 5.73 Å². The number of nitrogens with two attached hydrogens (primary N) is 1. The van der Waals surface area contributed by atoms with Gasteiger partial charge in [-0.25, -0.2) is 9.97 Å². The normalized spacial score (nSPS) is 10.9. The molecular formula is C10H11N7S. The topological polar surface area (TPSA) is 105 Å². The second kappa shape index (κ2) is 4.22. The first-order valence-corrected chi connectivity index (χ1v) is 6.22. The Morgan fingerprint density at radius 1 is 1.39 bits per heavy atom. The number of H-pyrrole nitrogens is 1. The fraction of sp³-hybridized carbons (Fsp3) is 0.200. The number of nitrogens with zero attached hydrogens (tertiary/aromatic N) is 4. The standard InChI is InChI=1S/C10H11N7S/c1-5-3-18-6(15-5)2-12-8-7-9(14-4-13-7)17-10(11)16-8/h3-4H,2H2,1H3,(H4,11,12,13,14,16,17). The van der Waals surface area contributed by atoms with Crippen molar-refractivity contribution in [1.29, 1.82) is 0 Å². The molecule has 0 aromatic carbocycles. The highest BCUT2D eigenvalue weighted by molar-refractivity contribution is 7.09. The lowest BCUT2D eigenvalue weighted by Crippen LogP contribution is -2.05. The zero-order chi connectivity index (χ0) is 12.5. The number of aromatic amines is 1. The highest BCUT2D eigenvalue weighted by atomic mass is 32.1. The summed E-state index contributed by atoms with van der Waals surface area (Å²) in [6.45, 7) is 2.57. The van der Waals surface area contributed by atoms with Gasteiger partial charge in [-0.2, -0.15) is 9.97 Å². The highest BCUT2D eigenvalue weighted by Gasteiger charge is 2.08. The van der Waals surface area contributed by atoms with Crippen molar-refractivity contribution in [1.82, 2.24) is 24.9 Å². The second-order valence-electron chi connectivity index (χ2n) is 3.77. The minimum Gasteiger partial charge on any atom is -0.368 e. The third-order valence-corrected chi connectivity index (χ3v) is 3.34. The third-order valence-electron chi connectivity index (χ3n) is 2.38. The van der Waals surface area contributed by atoms with Crippen LogP contribution in [0.1, 0.15) is 10.7 Å². The minimum atomic E-state index is 0.201. The van der Waals surface area contributed by atoms with E-state index in [2.05, 4.69) is 30.2 Å². The number of aromatic nitrogens is 5. The second-order valence-corrected chi connectivity index (χ2v) is 4.71. The maximum Gasteiger partial charge on any atom is 0.224 e. The van der Waals surface area contributed by atoms with Crippen LogP contribution in [0.25, 0.3) is 11.2 Å². The molecule has 4 N–H and O–H groups in total. The number of thiazole rings is 1. The van der Waals surface area contributed by atoms with Gasteiger partial charge in [-0.15, -0.1) is 11.3 Å². The summed E-state index contributed by atoms with van der Waals surface area (Å²) in [5.74, 6) is 0.843. The van der Waals surface area contributed by atoms with E-state index in [0.717, 1.165) is 16.2 Å². The van der Waals surface area contributed by atoms with E-state index in [0.29, 0.717) is 18.0 Å². The molecule has 0 atom stereocenters. The third kappa shape index (κ3) is 1.97. The van der Waals surface area contributed by atoms with Gasteiger partial charge < -0.3 is 16.0 Å². The maximum absolute atomic E-state index is 5.63. The molecule has 0 saturated heterocycles. The number of hydrogen-bond acceptors (Lipinski definition) is 7. The van der Waals surface area contributed by atoms with Crippen molar-refractivity contribution in [2.75, 3.05) is 11.1 Å². The lowest BCUT2D eigenvalue weighted by atomic mass is 10.4. The number of nitrogen functional groups attached to an aromatic ring is 1. The summed E-state index contributed by atoms with van der Waals surface area (Å²) in [5.41, 5.74) is 7.95. The van der Waals surface area contributed by atoms with Gasteiger partial charge in [0, 0.05) is 11.1 Å². The Morgan fingerprint density at radius 3 is 3.06 bits per heavy atom. The van der Waals surface area contributed by atoms with Crippen LogP contribution in [0.2, 0.25) is 0 Å². The molecule has 0 amide bonds. The fourth-order valence-electron chi connectivity index (χ4n) is 1.62. The van der Waals surface area contributed by atoms with Crippen molar-refractivity contribution in [2.45, 2.75) is 13.5 Å². The van der Waals surface area contributed by atoms with Gasteiger partial charge in [-0.1, -0.05) is 0 Å². The summed E-state index contributed by atoms with van der Waals surface area (Å²) in [7, 11) is 0. The lowest BCUT2D eigenvalue weighted by Gasteiger charge is -2.04. The van der Waals surface area contributed by atoms with Crippen LogP contribution in [0.5, 0.6) is 0 Å². The van der Waals surface area contributed by atoms with Crippen LogP contribution in [0.4, 0.5) is 11.8 Å². The van der Waals surface area contributed by atoms with E-state index in [-0.39, 0.29) is 5.95 Å². The molecule has 0 aliphatic heterocycles. The monoisotopic (exact) mass is 261 g/mol. The molecule has 0 fully saturated rings. The van der Waals surface area contributed by atoms with Crippen molar-refractivity contribution < 1.29 is 0 Å². The maximum atomic E-state index is 5.63. The summed E-state index contributed by atoms with van der Waals surface area (Å²) in [5, 5.41) is 6.20. The van der Waals surface area contributed by atoms with Crippen LogP contribution in [-0.4, -0.2) is 24.9 Å². The molecule has 8 heteroatoms. The Hall–Kier alpha value is -2.22. The molecule has 0 aliphatic rings. The molecule has 0 radical (unpaired) electrons. The van der Waals surface area contributed by atoms with Gasteiger partial charge in [0.1, 0.15) is 10.5 Å². The largest absolute Gasteiger partial charge is 0.368 e. The smallest absolute Gasteiger partial charge is 0.224 e. The zero-order valence-corrected chi connectivity index (χ0v) is 10.5. The van der Waals surface area contributed by atoms with Gasteiger partial charge >= 0.3 is 0 Å².